The quantitative estimate of drug-likeness (QED) is 0.800. The molecule has 2 aromatic heterocycles. The molecule has 0 saturated carbocycles. The molecule has 2 heterocycles. The lowest BCUT2D eigenvalue weighted by molar-refractivity contribution is 0.624. The third-order valence-corrected chi connectivity index (χ3v) is 3.82. The fraction of sp³-hybridized carbons (Fsp3) is 0.250. The number of benzene rings is 1. The molecular weight excluding hydrogens is 284 g/mol. The molecule has 4 nitrogen and oxygen atoms in total. The molecule has 3 rings (SSSR count). The van der Waals surface area contributed by atoms with Crippen LogP contribution in [0.5, 0.6) is 0 Å². The second-order valence-electron chi connectivity index (χ2n) is 5.28. The van der Waals surface area contributed by atoms with Gasteiger partial charge in [-0.3, -0.25) is 4.98 Å². The van der Waals surface area contributed by atoms with Crippen molar-refractivity contribution < 1.29 is 0 Å². The first-order valence-electron chi connectivity index (χ1n) is 6.92. The van der Waals surface area contributed by atoms with Gasteiger partial charge in [0, 0.05) is 30.5 Å². The predicted molar refractivity (Wildman–Crippen MR) is 86.3 cm³/mol. The Morgan fingerprint density at radius 3 is 2.76 bits per heavy atom. The largest absolute Gasteiger partial charge is 0.326 e. The first-order chi connectivity index (χ1) is 10.1. The third kappa shape index (κ3) is 2.41. The van der Waals surface area contributed by atoms with Crippen LogP contribution in [0.4, 0.5) is 0 Å². The van der Waals surface area contributed by atoms with Gasteiger partial charge < -0.3 is 10.3 Å². The van der Waals surface area contributed by atoms with Crippen molar-refractivity contribution in [3.05, 3.63) is 47.2 Å². The fourth-order valence-corrected chi connectivity index (χ4v) is 2.74. The van der Waals surface area contributed by atoms with E-state index in [1.807, 2.05) is 18.2 Å². The molecule has 0 atom stereocenters. The molecule has 0 aliphatic heterocycles. The Kier molecular flexibility index (Phi) is 3.66. The number of pyridine rings is 1. The molecule has 0 bridgehead atoms. The summed E-state index contributed by atoms with van der Waals surface area (Å²) in [4.78, 5) is 8.81. The molecule has 0 unspecified atom stereocenters. The second kappa shape index (κ2) is 5.47. The minimum atomic E-state index is 0.276. The van der Waals surface area contributed by atoms with Crippen LogP contribution in [0.15, 0.2) is 36.7 Å². The highest BCUT2D eigenvalue weighted by Gasteiger charge is 2.17. The summed E-state index contributed by atoms with van der Waals surface area (Å²) in [7, 11) is 0. The molecule has 21 heavy (non-hydrogen) atoms. The SMILES string of the molecule is CC(C)n1c(-c2ccncc2Cl)nc2cc(CN)ccc21. The lowest BCUT2D eigenvalue weighted by atomic mass is 10.2. The van der Waals surface area contributed by atoms with Crippen LogP contribution < -0.4 is 5.73 Å². The first-order valence-corrected chi connectivity index (χ1v) is 7.30. The van der Waals surface area contributed by atoms with E-state index >= 15 is 0 Å². The molecule has 0 radical (unpaired) electrons. The highest BCUT2D eigenvalue weighted by atomic mass is 35.5. The van der Waals surface area contributed by atoms with Crippen LogP contribution in [0.1, 0.15) is 25.5 Å². The van der Waals surface area contributed by atoms with Crippen molar-refractivity contribution in [3.63, 3.8) is 0 Å². The van der Waals surface area contributed by atoms with E-state index in [0.717, 1.165) is 28.0 Å². The molecule has 3 aromatic rings. The van der Waals surface area contributed by atoms with Gasteiger partial charge in [0.25, 0.3) is 0 Å². The van der Waals surface area contributed by atoms with Crippen molar-refractivity contribution in [2.75, 3.05) is 0 Å². The van der Waals surface area contributed by atoms with E-state index in [1.54, 1.807) is 12.4 Å². The van der Waals surface area contributed by atoms with Crippen LogP contribution in [0, 0.1) is 0 Å². The molecule has 5 heteroatoms. The number of fused-ring (bicyclic) bond motifs is 1. The number of nitrogens with two attached hydrogens (primary N) is 1. The molecule has 0 saturated heterocycles. The zero-order valence-electron chi connectivity index (χ0n) is 12.0. The Balaban J connectivity index is 2.31. The van der Waals surface area contributed by atoms with Crippen LogP contribution in [0.3, 0.4) is 0 Å². The number of hydrogen-bond donors (Lipinski definition) is 1. The minimum absolute atomic E-state index is 0.276. The van der Waals surface area contributed by atoms with Crippen molar-refractivity contribution in [2.24, 2.45) is 5.73 Å². The topological polar surface area (TPSA) is 56.7 Å². The van der Waals surface area contributed by atoms with Gasteiger partial charge in [-0.2, -0.15) is 0 Å². The van der Waals surface area contributed by atoms with E-state index in [1.165, 1.54) is 0 Å². The molecule has 0 fully saturated rings. The minimum Gasteiger partial charge on any atom is -0.326 e. The predicted octanol–water partition coefficient (Wildman–Crippen LogP) is 3.79. The average Bonchev–Trinajstić information content (AvgIpc) is 2.85. The summed E-state index contributed by atoms with van der Waals surface area (Å²) >= 11 is 6.29. The van der Waals surface area contributed by atoms with E-state index in [-0.39, 0.29) is 6.04 Å². The van der Waals surface area contributed by atoms with Gasteiger partial charge in [-0.15, -0.1) is 0 Å². The van der Waals surface area contributed by atoms with Gasteiger partial charge in [0.2, 0.25) is 0 Å². The number of nitrogens with zero attached hydrogens (tertiary/aromatic N) is 3. The third-order valence-electron chi connectivity index (χ3n) is 3.52. The number of aromatic nitrogens is 3. The lowest BCUT2D eigenvalue weighted by Gasteiger charge is -2.13. The molecular formula is C16H17ClN4. The number of imidazole rings is 1. The maximum Gasteiger partial charge on any atom is 0.142 e. The number of hydrogen-bond acceptors (Lipinski definition) is 3. The van der Waals surface area contributed by atoms with E-state index < -0.39 is 0 Å². The maximum absolute atomic E-state index is 6.29. The molecule has 2 N–H and O–H groups in total. The van der Waals surface area contributed by atoms with Crippen molar-refractivity contribution in [1.82, 2.24) is 14.5 Å². The maximum atomic E-state index is 6.29. The zero-order chi connectivity index (χ0) is 15.0. The van der Waals surface area contributed by atoms with Crippen molar-refractivity contribution in [1.29, 1.82) is 0 Å². The molecule has 0 spiro atoms. The highest BCUT2D eigenvalue weighted by Crippen LogP contribution is 2.32. The lowest BCUT2D eigenvalue weighted by Crippen LogP contribution is -2.03. The summed E-state index contributed by atoms with van der Waals surface area (Å²) in [5.74, 6) is 0.863. The van der Waals surface area contributed by atoms with Crippen LogP contribution in [0.2, 0.25) is 5.02 Å². The van der Waals surface area contributed by atoms with Crippen LogP contribution in [-0.4, -0.2) is 14.5 Å². The average molecular weight is 301 g/mol. The Hall–Kier alpha value is -1.91. The van der Waals surface area contributed by atoms with E-state index in [4.69, 9.17) is 22.3 Å². The summed E-state index contributed by atoms with van der Waals surface area (Å²) in [6.07, 6.45) is 3.38. The fourth-order valence-electron chi connectivity index (χ4n) is 2.54. The van der Waals surface area contributed by atoms with Gasteiger partial charge in [-0.05, 0) is 37.6 Å². The highest BCUT2D eigenvalue weighted by molar-refractivity contribution is 6.33. The van der Waals surface area contributed by atoms with Gasteiger partial charge in [0.05, 0.1) is 16.1 Å². The molecule has 0 aliphatic carbocycles. The number of rotatable bonds is 3. The summed E-state index contributed by atoms with van der Waals surface area (Å²) in [6.45, 7) is 4.78. The number of halogens is 1. The summed E-state index contributed by atoms with van der Waals surface area (Å²) in [5.41, 5.74) is 9.71. The van der Waals surface area contributed by atoms with E-state index in [2.05, 4.69) is 29.5 Å². The van der Waals surface area contributed by atoms with Crippen LogP contribution >= 0.6 is 11.6 Å². The Morgan fingerprint density at radius 2 is 2.10 bits per heavy atom. The van der Waals surface area contributed by atoms with Crippen LogP contribution in [0.25, 0.3) is 22.4 Å². The van der Waals surface area contributed by atoms with Gasteiger partial charge >= 0.3 is 0 Å². The first kappa shape index (κ1) is 14.0. The summed E-state index contributed by atoms with van der Waals surface area (Å²) in [5, 5.41) is 0.605. The second-order valence-corrected chi connectivity index (χ2v) is 5.69. The van der Waals surface area contributed by atoms with Crippen molar-refractivity contribution in [3.8, 4) is 11.4 Å². The van der Waals surface area contributed by atoms with Crippen molar-refractivity contribution in [2.45, 2.75) is 26.4 Å². The van der Waals surface area contributed by atoms with Gasteiger partial charge in [-0.1, -0.05) is 17.7 Å². The molecule has 0 amide bonds. The van der Waals surface area contributed by atoms with Gasteiger partial charge in [0.15, 0.2) is 0 Å². The van der Waals surface area contributed by atoms with E-state index in [9.17, 15) is 0 Å². The summed E-state index contributed by atoms with van der Waals surface area (Å²) < 4.78 is 2.19. The molecule has 1 aromatic carbocycles. The van der Waals surface area contributed by atoms with Gasteiger partial charge in [-0.25, -0.2) is 4.98 Å². The molecule has 108 valence electrons. The monoisotopic (exact) mass is 300 g/mol. The Bertz CT molecular complexity index is 792. The molecule has 0 aliphatic rings. The Labute approximate surface area is 128 Å². The normalized spacial score (nSPS) is 11.5. The van der Waals surface area contributed by atoms with Crippen molar-refractivity contribution >= 4 is 22.6 Å². The summed E-state index contributed by atoms with van der Waals surface area (Å²) in [6, 6.07) is 8.32. The standard InChI is InChI=1S/C16H17ClN4/c1-10(2)21-15-4-3-11(8-18)7-14(15)20-16(21)12-5-6-19-9-13(12)17/h3-7,9-10H,8,18H2,1-2H3. The van der Waals surface area contributed by atoms with Gasteiger partial charge in [0.1, 0.15) is 5.82 Å². The van der Waals surface area contributed by atoms with Crippen LogP contribution in [-0.2, 0) is 6.54 Å². The Morgan fingerprint density at radius 1 is 1.29 bits per heavy atom. The van der Waals surface area contributed by atoms with E-state index in [0.29, 0.717) is 11.6 Å². The zero-order valence-corrected chi connectivity index (χ0v) is 12.8. The smallest absolute Gasteiger partial charge is 0.142 e.